The van der Waals surface area contributed by atoms with Gasteiger partial charge >= 0.3 is 0 Å². The zero-order valence-corrected chi connectivity index (χ0v) is 11.9. The van der Waals surface area contributed by atoms with Gasteiger partial charge in [0.2, 0.25) is 0 Å². The summed E-state index contributed by atoms with van der Waals surface area (Å²) in [6.07, 6.45) is 6.11. The minimum absolute atomic E-state index is 0.731. The van der Waals surface area contributed by atoms with Crippen molar-refractivity contribution < 1.29 is 0 Å². The molecule has 0 spiro atoms. The van der Waals surface area contributed by atoms with E-state index in [9.17, 15) is 0 Å². The zero-order valence-electron chi connectivity index (χ0n) is 11.9. The molecule has 1 aliphatic heterocycles. The number of aliphatic imine (C=N–C) groups is 1. The van der Waals surface area contributed by atoms with Crippen LogP contribution in [-0.4, -0.2) is 30.5 Å². The lowest BCUT2D eigenvalue weighted by Gasteiger charge is -2.21. The molecule has 0 bridgehead atoms. The van der Waals surface area contributed by atoms with Gasteiger partial charge in [0.05, 0.1) is 0 Å². The van der Waals surface area contributed by atoms with Gasteiger partial charge in [-0.05, 0) is 31.7 Å². The van der Waals surface area contributed by atoms with Gasteiger partial charge in [0, 0.05) is 19.6 Å². The molecule has 0 atom stereocenters. The molecule has 1 saturated heterocycles. The van der Waals surface area contributed by atoms with Gasteiger partial charge in [-0.1, -0.05) is 42.7 Å². The smallest absolute Gasteiger partial charge is 0.191 e. The third-order valence-electron chi connectivity index (χ3n) is 3.69. The summed E-state index contributed by atoms with van der Waals surface area (Å²) in [5, 5.41) is 0. The third-order valence-corrected chi connectivity index (χ3v) is 3.69. The van der Waals surface area contributed by atoms with E-state index in [0.29, 0.717) is 0 Å². The molecule has 3 nitrogen and oxygen atoms in total. The topological polar surface area (TPSA) is 41.6 Å². The highest BCUT2D eigenvalue weighted by atomic mass is 15.2. The Morgan fingerprint density at radius 2 is 1.95 bits per heavy atom. The predicted octanol–water partition coefficient (Wildman–Crippen LogP) is 2.73. The first-order valence-electron chi connectivity index (χ1n) is 7.36. The van der Waals surface area contributed by atoms with Crippen molar-refractivity contribution in [3.8, 4) is 0 Å². The average Bonchev–Trinajstić information content (AvgIpc) is 2.67. The normalized spacial score (nSPS) is 17.3. The van der Waals surface area contributed by atoms with Gasteiger partial charge in [0.15, 0.2) is 5.96 Å². The number of rotatable bonds is 3. The summed E-state index contributed by atoms with van der Waals surface area (Å²) in [4.78, 5) is 6.77. The molecule has 0 aliphatic carbocycles. The number of hydrogen-bond acceptors (Lipinski definition) is 1. The zero-order chi connectivity index (χ0) is 13.5. The van der Waals surface area contributed by atoms with Crippen molar-refractivity contribution in [2.45, 2.75) is 39.0 Å². The van der Waals surface area contributed by atoms with Crippen LogP contribution in [0.5, 0.6) is 0 Å². The van der Waals surface area contributed by atoms with E-state index in [1.165, 1.54) is 36.8 Å². The number of likely N-dealkylation sites (tertiary alicyclic amines) is 1. The van der Waals surface area contributed by atoms with Crippen LogP contribution in [0.2, 0.25) is 0 Å². The summed E-state index contributed by atoms with van der Waals surface area (Å²) < 4.78 is 0. The SMILES string of the molecule is Cc1cccc(CCN=C(N)N2CCCCCC2)c1. The number of benzene rings is 1. The monoisotopic (exact) mass is 259 g/mol. The number of nitrogens with zero attached hydrogens (tertiary/aromatic N) is 2. The Labute approximate surface area is 116 Å². The minimum Gasteiger partial charge on any atom is -0.370 e. The van der Waals surface area contributed by atoms with Crippen molar-refractivity contribution in [2.75, 3.05) is 19.6 Å². The van der Waals surface area contributed by atoms with Gasteiger partial charge in [0.25, 0.3) is 0 Å². The van der Waals surface area contributed by atoms with Crippen molar-refractivity contribution in [1.29, 1.82) is 0 Å². The number of guanidine groups is 1. The van der Waals surface area contributed by atoms with E-state index in [1.54, 1.807) is 0 Å². The van der Waals surface area contributed by atoms with Crippen LogP contribution in [0, 0.1) is 6.92 Å². The molecule has 0 unspecified atom stereocenters. The Morgan fingerprint density at radius 3 is 2.63 bits per heavy atom. The maximum Gasteiger partial charge on any atom is 0.191 e. The second-order valence-corrected chi connectivity index (χ2v) is 5.38. The fraction of sp³-hybridized carbons (Fsp3) is 0.562. The van der Waals surface area contributed by atoms with E-state index in [4.69, 9.17) is 5.73 Å². The van der Waals surface area contributed by atoms with E-state index in [-0.39, 0.29) is 0 Å². The second-order valence-electron chi connectivity index (χ2n) is 5.38. The molecule has 19 heavy (non-hydrogen) atoms. The lowest BCUT2D eigenvalue weighted by Crippen LogP contribution is -2.38. The summed E-state index contributed by atoms with van der Waals surface area (Å²) in [6, 6.07) is 8.60. The lowest BCUT2D eigenvalue weighted by atomic mass is 10.1. The van der Waals surface area contributed by atoms with E-state index in [1.807, 2.05) is 0 Å². The summed E-state index contributed by atoms with van der Waals surface area (Å²) in [5.74, 6) is 0.731. The van der Waals surface area contributed by atoms with Gasteiger partial charge in [-0.2, -0.15) is 0 Å². The number of hydrogen-bond donors (Lipinski definition) is 1. The molecule has 104 valence electrons. The molecule has 2 rings (SSSR count). The first-order valence-corrected chi connectivity index (χ1v) is 7.36. The molecule has 2 N–H and O–H groups in total. The average molecular weight is 259 g/mol. The van der Waals surface area contributed by atoms with Gasteiger partial charge in [0.1, 0.15) is 0 Å². The lowest BCUT2D eigenvalue weighted by molar-refractivity contribution is 0.428. The molecular formula is C16H25N3. The van der Waals surface area contributed by atoms with Crippen LogP contribution in [0.25, 0.3) is 0 Å². The van der Waals surface area contributed by atoms with E-state index in [0.717, 1.165) is 32.0 Å². The van der Waals surface area contributed by atoms with Crippen molar-refractivity contribution in [1.82, 2.24) is 4.90 Å². The van der Waals surface area contributed by atoms with Gasteiger partial charge in [-0.25, -0.2) is 0 Å². The summed E-state index contributed by atoms with van der Waals surface area (Å²) >= 11 is 0. The van der Waals surface area contributed by atoms with Crippen LogP contribution in [0.1, 0.15) is 36.8 Å². The van der Waals surface area contributed by atoms with Crippen LogP contribution in [0.3, 0.4) is 0 Å². The third kappa shape index (κ3) is 4.58. The van der Waals surface area contributed by atoms with Crippen LogP contribution in [0.15, 0.2) is 29.3 Å². The van der Waals surface area contributed by atoms with Crippen LogP contribution in [-0.2, 0) is 6.42 Å². The molecule has 0 amide bonds. The Hall–Kier alpha value is -1.51. The quantitative estimate of drug-likeness (QED) is 0.670. The number of aryl methyl sites for hydroxylation is 1. The van der Waals surface area contributed by atoms with Crippen LogP contribution < -0.4 is 5.73 Å². The Morgan fingerprint density at radius 1 is 1.21 bits per heavy atom. The molecule has 1 aliphatic rings. The standard InChI is InChI=1S/C16H25N3/c1-14-7-6-8-15(13-14)9-10-18-16(17)19-11-4-2-3-5-12-19/h6-8,13H,2-5,9-12H2,1H3,(H2,17,18). The predicted molar refractivity (Wildman–Crippen MR) is 81.4 cm³/mol. The van der Waals surface area contributed by atoms with Crippen molar-refractivity contribution in [2.24, 2.45) is 10.7 Å². The molecule has 0 aromatic heterocycles. The van der Waals surface area contributed by atoms with Gasteiger partial charge in [-0.3, -0.25) is 4.99 Å². The summed E-state index contributed by atoms with van der Waals surface area (Å²) in [7, 11) is 0. The number of nitrogens with two attached hydrogens (primary N) is 1. The molecule has 1 fully saturated rings. The van der Waals surface area contributed by atoms with E-state index in [2.05, 4.69) is 41.1 Å². The first-order chi connectivity index (χ1) is 9.25. The molecule has 1 aromatic rings. The second kappa shape index (κ2) is 7.17. The molecule has 1 aromatic carbocycles. The van der Waals surface area contributed by atoms with E-state index >= 15 is 0 Å². The molecule has 1 heterocycles. The highest BCUT2D eigenvalue weighted by molar-refractivity contribution is 5.78. The molecule has 0 saturated carbocycles. The molecular weight excluding hydrogens is 234 g/mol. The first kappa shape index (κ1) is 13.9. The van der Waals surface area contributed by atoms with Crippen LogP contribution >= 0.6 is 0 Å². The van der Waals surface area contributed by atoms with E-state index < -0.39 is 0 Å². The highest BCUT2D eigenvalue weighted by Gasteiger charge is 2.10. The Kier molecular flexibility index (Phi) is 5.25. The largest absolute Gasteiger partial charge is 0.370 e. The molecule has 0 radical (unpaired) electrons. The highest BCUT2D eigenvalue weighted by Crippen LogP contribution is 2.09. The van der Waals surface area contributed by atoms with Crippen molar-refractivity contribution in [3.05, 3.63) is 35.4 Å². The fourth-order valence-corrected chi connectivity index (χ4v) is 2.57. The maximum absolute atomic E-state index is 6.09. The maximum atomic E-state index is 6.09. The summed E-state index contributed by atoms with van der Waals surface area (Å²) in [5.41, 5.74) is 8.74. The van der Waals surface area contributed by atoms with Crippen molar-refractivity contribution in [3.63, 3.8) is 0 Å². The Balaban J connectivity index is 1.83. The Bertz CT molecular complexity index is 418. The van der Waals surface area contributed by atoms with Crippen molar-refractivity contribution >= 4 is 5.96 Å². The fourth-order valence-electron chi connectivity index (χ4n) is 2.57. The minimum atomic E-state index is 0.731. The van der Waals surface area contributed by atoms with Crippen LogP contribution in [0.4, 0.5) is 0 Å². The van der Waals surface area contributed by atoms with Gasteiger partial charge < -0.3 is 10.6 Å². The molecule has 3 heteroatoms. The summed E-state index contributed by atoms with van der Waals surface area (Å²) in [6.45, 7) is 5.05. The van der Waals surface area contributed by atoms with Gasteiger partial charge in [-0.15, -0.1) is 0 Å².